The fourth-order valence-electron chi connectivity index (χ4n) is 2.93. The molecule has 1 aromatic rings. The van der Waals surface area contributed by atoms with Crippen LogP contribution in [0.1, 0.15) is 44.7 Å². The van der Waals surface area contributed by atoms with Crippen molar-refractivity contribution in [3.05, 3.63) is 28.3 Å². The lowest BCUT2D eigenvalue weighted by atomic mass is 10.0. The molecule has 0 radical (unpaired) electrons. The number of rotatable bonds is 2. The largest absolute Gasteiger partial charge is 0.444 e. The Labute approximate surface area is 158 Å². The highest BCUT2D eigenvalue weighted by Gasteiger charge is 2.45. The van der Waals surface area contributed by atoms with E-state index < -0.39 is 5.60 Å². The van der Waals surface area contributed by atoms with Gasteiger partial charge in [0, 0.05) is 18.0 Å². The van der Waals surface area contributed by atoms with Crippen molar-refractivity contribution in [3.63, 3.8) is 0 Å². The molecule has 0 aromatic heterocycles. The molecule has 1 aliphatic heterocycles. The minimum atomic E-state index is -0.494. The van der Waals surface area contributed by atoms with E-state index in [9.17, 15) is 10.1 Å². The number of nitrogens with zero attached hydrogens (tertiary/aromatic N) is 2. The van der Waals surface area contributed by atoms with Gasteiger partial charge in [0.1, 0.15) is 10.3 Å². The van der Waals surface area contributed by atoms with Crippen LogP contribution in [-0.4, -0.2) is 34.4 Å². The zero-order chi connectivity index (χ0) is 18.2. The maximum absolute atomic E-state index is 12.4. The average Bonchev–Trinajstić information content (AvgIpc) is 3.32. The van der Waals surface area contributed by atoms with Crippen molar-refractivity contribution in [2.24, 2.45) is 0 Å². The van der Waals surface area contributed by atoms with Crippen LogP contribution in [-0.2, 0) is 17.6 Å². The van der Waals surface area contributed by atoms with Crippen molar-refractivity contribution in [2.45, 2.75) is 61.7 Å². The second-order valence-electron chi connectivity index (χ2n) is 7.69. The van der Waals surface area contributed by atoms with Gasteiger partial charge in [0.2, 0.25) is 0 Å². The Hall–Kier alpha value is -1.38. The Morgan fingerprint density at radius 1 is 1.32 bits per heavy atom. The SMILES string of the molecule is CC(C)(C)OC(=O)N1CCc2ccc(Cl)c(SC3(C#N)CC3)c2CC1. The van der Waals surface area contributed by atoms with Crippen molar-refractivity contribution in [1.29, 1.82) is 5.26 Å². The molecule has 1 amide bonds. The summed E-state index contributed by atoms with van der Waals surface area (Å²) in [7, 11) is 0. The number of fused-ring (bicyclic) bond motifs is 1. The highest BCUT2D eigenvalue weighted by Crippen LogP contribution is 2.53. The average molecular weight is 379 g/mol. The van der Waals surface area contributed by atoms with E-state index in [1.807, 2.05) is 32.9 Å². The van der Waals surface area contributed by atoms with Gasteiger partial charge in [0.15, 0.2) is 0 Å². The molecule has 25 heavy (non-hydrogen) atoms. The minimum absolute atomic E-state index is 0.267. The van der Waals surface area contributed by atoms with Gasteiger partial charge in [-0.2, -0.15) is 5.26 Å². The number of carbonyl (C=O) groups excluding carboxylic acids is 1. The van der Waals surface area contributed by atoms with Gasteiger partial charge in [-0.15, -0.1) is 11.8 Å². The molecule has 0 spiro atoms. The minimum Gasteiger partial charge on any atom is -0.444 e. The maximum Gasteiger partial charge on any atom is 0.410 e. The lowest BCUT2D eigenvalue weighted by Gasteiger charge is -2.26. The molecule has 1 heterocycles. The number of hydrogen-bond donors (Lipinski definition) is 0. The zero-order valence-electron chi connectivity index (χ0n) is 14.9. The molecule has 1 aromatic carbocycles. The van der Waals surface area contributed by atoms with Crippen LogP contribution in [0, 0.1) is 11.3 Å². The molecule has 134 valence electrons. The van der Waals surface area contributed by atoms with Crippen LogP contribution in [0.15, 0.2) is 17.0 Å². The second kappa shape index (κ2) is 6.74. The Kier molecular flexibility index (Phi) is 4.96. The number of nitriles is 1. The van der Waals surface area contributed by atoms with Crippen LogP contribution in [0.25, 0.3) is 0 Å². The normalized spacial score (nSPS) is 18.8. The standard InChI is InChI=1S/C19H23ClN2O2S/c1-18(2,3)24-17(23)22-10-6-13-4-5-15(20)16(14(13)7-11-22)25-19(12-21)8-9-19/h4-5H,6-11H2,1-3H3. The Morgan fingerprint density at radius 3 is 2.60 bits per heavy atom. The highest BCUT2D eigenvalue weighted by atomic mass is 35.5. The Bertz CT molecular complexity index is 732. The van der Waals surface area contributed by atoms with E-state index >= 15 is 0 Å². The molecular formula is C19H23ClN2O2S. The topological polar surface area (TPSA) is 53.3 Å². The summed E-state index contributed by atoms with van der Waals surface area (Å²) < 4.78 is 5.20. The van der Waals surface area contributed by atoms with Crippen molar-refractivity contribution in [2.75, 3.05) is 13.1 Å². The summed E-state index contributed by atoms with van der Waals surface area (Å²) in [5, 5.41) is 10.1. The van der Waals surface area contributed by atoms with Crippen LogP contribution < -0.4 is 0 Å². The summed E-state index contributed by atoms with van der Waals surface area (Å²) in [6.07, 6.45) is 3.07. The highest BCUT2D eigenvalue weighted by molar-refractivity contribution is 8.01. The number of hydrogen-bond acceptors (Lipinski definition) is 4. The van der Waals surface area contributed by atoms with Gasteiger partial charge in [-0.3, -0.25) is 0 Å². The molecule has 0 bridgehead atoms. The van der Waals surface area contributed by atoms with Crippen LogP contribution in [0.2, 0.25) is 5.02 Å². The molecule has 4 nitrogen and oxygen atoms in total. The predicted molar refractivity (Wildman–Crippen MR) is 100 cm³/mol. The summed E-state index contributed by atoms with van der Waals surface area (Å²) in [6.45, 7) is 6.88. The van der Waals surface area contributed by atoms with E-state index in [4.69, 9.17) is 16.3 Å². The van der Waals surface area contributed by atoms with E-state index in [0.29, 0.717) is 18.1 Å². The van der Waals surface area contributed by atoms with Crippen molar-refractivity contribution < 1.29 is 9.53 Å². The monoisotopic (exact) mass is 378 g/mol. The third-order valence-corrected chi connectivity index (χ3v) is 6.44. The number of benzene rings is 1. The Morgan fingerprint density at radius 2 is 2.00 bits per heavy atom. The summed E-state index contributed by atoms with van der Waals surface area (Å²) in [6, 6.07) is 6.39. The van der Waals surface area contributed by atoms with Gasteiger partial charge in [0.25, 0.3) is 0 Å². The summed E-state index contributed by atoms with van der Waals surface area (Å²) in [5.41, 5.74) is 1.91. The van der Waals surface area contributed by atoms with Gasteiger partial charge in [-0.1, -0.05) is 17.7 Å². The van der Waals surface area contributed by atoms with E-state index in [2.05, 4.69) is 6.07 Å². The van der Waals surface area contributed by atoms with E-state index in [-0.39, 0.29) is 10.8 Å². The third kappa shape index (κ3) is 4.24. The fourth-order valence-corrected chi connectivity index (χ4v) is 4.48. The molecule has 1 aliphatic carbocycles. The smallest absolute Gasteiger partial charge is 0.410 e. The first kappa shape index (κ1) is 18.4. The van der Waals surface area contributed by atoms with Crippen LogP contribution in [0.5, 0.6) is 0 Å². The van der Waals surface area contributed by atoms with Gasteiger partial charge in [-0.05, 0) is 63.6 Å². The quantitative estimate of drug-likeness (QED) is 0.740. The second-order valence-corrected chi connectivity index (χ2v) is 9.49. The molecule has 0 saturated heterocycles. The molecule has 6 heteroatoms. The summed E-state index contributed by atoms with van der Waals surface area (Å²) >= 11 is 8.06. The van der Waals surface area contributed by atoms with Crippen molar-refractivity contribution >= 4 is 29.5 Å². The molecule has 0 atom stereocenters. The Balaban J connectivity index is 1.80. The molecular weight excluding hydrogens is 356 g/mol. The number of carbonyl (C=O) groups is 1. The van der Waals surface area contributed by atoms with E-state index in [1.54, 1.807) is 16.7 Å². The third-order valence-electron chi connectivity index (χ3n) is 4.45. The van der Waals surface area contributed by atoms with E-state index in [0.717, 1.165) is 30.6 Å². The first-order valence-electron chi connectivity index (χ1n) is 8.61. The number of thioether (sulfide) groups is 1. The van der Waals surface area contributed by atoms with Crippen molar-refractivity contribution in [3.8, 4) is 6.07 Å². The first-order chi connectivity index (χ1) is 11.7. The van der Waals surface area contributed by atoms with Gasteiger partial charge in [0.05, 0.1) is 11.1 Å². The molecule has 0 N–H and O–H groups in total. The first-order valence-corrected chi connectivity index (χ1v) is 9.81. The zero-order valence-corrected chi connectivity index (χ0v) is 16.5. The molecule has 1 fully saturated rings. The van der Waals surface area contributed by atoms with Crippen LogP contribution >= 0.6 is 23.4 Å². The van der Waals surface area contributed by atoms with Gasteiger partial charge < -0.3 is 9.64 Å². The van der Waals surface area contributed by atoms with Crippen molar-refractivity contribution in [1.82, 2.24) is 4.90 Å². The molecule has 1 saturated carbocycles. The molecule has 2 aliphatic rings. The van der Waals surface area contributed by atoms with Gasteiger partial charge in [-0.25, -0.2) is 4.79 Å². The maximum atomic E-state index is 12.4. The predicted octanol–water partition coefficient (Wildman–Crippen LogP) is 4.82. The van der Waals surface area contributed by atoms with Crippen LogP contribution in [0.3, 0.4) is 0 Å². The number of ether oxygens (including phenoxy) is 1. The summed E-state index contributed by atoms with van der Waals surface area (Å²) in [5.74, 6) is 0. The number of halogens is 1. The lowest BCUT2D eigenvalue weighted by molar-refractivity contribution is 0.0258. The molecule has 3 rings (SSSR count). The fraction of sp³-hybridized carbons (Fsp3) is 0.579. The number of amides is 1. The lowest BCUT2D eigenvalue weighted by Crippen LogP contribution is -2.38. The van der Waals surface area contributed by atoms with Crippen LogP contribution in [0.4, 0.5) is 4.79 Å². The van der Waals surface area contributed by atoms with E-state index in [1.165, 1.54) is 11.1 Å². The summed E-state index contributed by atoms with van der Waals surface area (Å²) in [4.78, 5) is 15.2. The van der Waals surface area contributed by atoms with Gasteiger partial charge >= 0.3 is 6.09 Å². The molecule has 0 unspecified atom stereocenters.